The lowest BCUT2D eigenvalue weighted by molar-refractivity contribution is -0.121. The van der Waals surface area contributed by atoms with Gasteiger partial charge in [0.25, 0.3) is 0 Å². The summed E-state index contributed by atoms with van der Waals surface area (Å²) >= 11 is 0. The minimum Gasteiger partial charge on any atom is -0.492 e. The van der Waals surface area contributed by atoms with Gasteiger partial charge < -0.3 is 14.8 Å². The van der Waals surface area contributed by atoms with Gasteiger partial charge in [0.1, 0.15) is 12.4 Å². The molecule has 1 aliphatic rings. The Kier molecular flexibility index (Phi) is 8.43. The fourth-order valence-electron chi connectivity index (χ4n) is 3.12. The number of ether oxygens (including phenoxy) is 2. The van der Waals surface area contributed by atoms with E-state index in [4.69, 9.17) is 9.47 Å². The lowest BCUT2D eigenvalue weighted by Crippen LogP contribution is -2.40. The summed E-state index contributed by atoms with van der Waals surface area (Å²) in [4.78, 5) is 12.4. The standard InChI is InChI=1S/C21H27N3O7S2/c1-23(32(26,27)19-5-3-2-4-6-19)17-21(25)22-11-14-31-18-7-9-20(10-8-18)33(28,29)24-12-15-30-16-13-24/h2-10H,11-17H2,1H3,(H,22,25). The molecule has 2 aromatic carbocycles. The van der Waals surface area contributed by atoms with Gasteiger partial charge in [-0.15, -0.1) is 0 Å². The molecule has 1 amide bonds. The fourth-order valence-corrected chi connectivity index (χ4v) is 5.67. The van der Waals surface area contributed by atoms with E-state index < -0.39 is 26.0 Å². The quantitative estimate of drug-likeness (QED) is 0.475. The maximum Gasteiger partial charge on any atom is 0.243 e. The van der Waals surface area contributed by atoms with Crippen LogP contribution in [0.5, 0.6) is 5.75 Å². The third-order valence-electron chi connectivity index (χ3n) is 4.94. The minimum atomic E-state index is -3.75. The van der Waals surface area contributed by atoms with Gasteiger partial charge in [0.05, 0.1) is 36.1 Å². The van der Waals surface area contributed by atoms with Crippen LogP contribution in [0.15, 0.2) is 64.4 Å². The number of carbonyl (C=O) groups excluding carboxylic acids is 1. The lowest BCUT2D eigenvalue weighted by atomic mass is 10.3. The SMILES string of the molecule is CN(CC(=O)NCCOc1ccc(S(=O)(=O)N2CCOCC2)cc1)S(=O)(=O)c1ccccc1. The molecule has 3 rings (SSSR count). The maximum absolute atomic E-state index is 12.6. The zero-order valence-electron chi connectivity index (χ0n) is 18.2. The van der Waals surface area contributed by atoms with Crippen molar-refractivity contribution in [2.45, 2.75) is 9.79 Å². The van der Waals surface area contributed by atoms with E-state index >= 15 is 0 Å². The molecule has 0 radical (unpaired) electrons. The molecule has 12 heteroatoms. The monoisotopic (exact) mass is 497 g/mol. The molecule has 0 spiro atoms. The molecule has 1 fully saturated rings. The summed E-state index contributed by atoms with van der Waals surface area (Å²) in [6.07, 6.45) is 0. The van der Waals surface area contributed by atoms with Gasteiger partial charge in [-0.25, -0.2) is 16.8 Å². The molecule has 1 aliphatic heterocycles. The summed E-state index contributed by atoms with van der Waals surface area (Å²) in [5.74, 6) is -0.0125. The van der Waals surface area contributed by atoms with Crippen LogP contribution in [0, 0.1) is 0 Å². The predicted octanol–water partition coefficient (Wildman–Crippen LogP) is 0.523. The van der Waals surface area contributed by atoms with E-state index in [1.54, 1.807) is 30.3 Å². The fraction of sp³-hybridized carbons (Fsp3) is 0.381. The number of hydrogen-bond donors (Lipinski definition) is 1. The second kappa shape index (κ2) is 11.1. The molecular weight excluding hydrogens is 470 g/mol. The summed E-state index contributed by atoms with van der Waals surface area (Å²) in [6, 6.07) is 13.9. The number of nitrogens with one attached hydrogen (secondary N) is 1. The van der Waals surface area contributed by atoms with Crippen LogP contribution in [-0.2, 0) is 29.6 Å². The molecule has 1 N–H and O–H groups in total. The van der Waals surface area contributed by atoms with Crippen molar-refractivity contribution in [2.75, 3.05) is 53.0 Å². The smallest absolute Gasteiger partial charge is 0.243 e. The largest absolute Gasteiger partial charge is 0.492 e. The highest BCUT2D eigenvalue weighted by molar-refractivity contribution is 7.89. The average molecular weight is 498 g/mol. The van der Waals surface area contributed by atoms with E-state index in [2.05, 4.69) is 5.32 Å². The van der Waals surface area contributed by atoms with Crippen molar-refractivity contribution in [3.63, 3.8) is 0 Å². The van der Waals surface area contributed by atoms with Crippen molar-refractivity contribution >= 4 is 26.0 Å². The third kappa shape index (κ3) is 6.51. The van der Waals surface area contributed by atoms with Crippen molar-refractivity contribution < 1.29 is 31.1 Å². The Balaban J connectivity index is 1.44. The Morgan fingerprint density at radius 3 is 2.27 bits per heavy atom. The molecule has 0 aliphatic carbocycles. The molecule has 0 aromatic heterocycles. The molecule has 0 bridgehead atoms. The van der Waals surface area contributed by atoms with Crippen molar-refractivity contribution in [3.05, 3.63) is 54.6 Å². The van der Waals surface area contributed by atoms with Crippen LogP contribution < -0.4 is 10.1 Å². The second-order valence-corrected chi connectivity index (χ2v) is 11.2. The van der Waals surface area contributed by atoms with Crippen LogP contribution in [0.1, 0.15) is 0 Å². The van der Waals surface area contributed by atoms with E-state index in [1.165, 1.54) is 35.6 Å². The molecule has 10 nitrogen and oxygen atoms in total. The number of likely N-dealkylation sites (N-methyl/N-ethyl adjacent to an activating group) is 1. The predicted molar refractivity (Wildman–Crippen MR) is 121 cm³/mol. The molecule has 33 heavy (non-hydrogen) atoms. The molecule has 180 valence electrons. The number of benzene rings is 2. The Bertz CT molecular complexity index is 1130. The van der Waals surface area contributed by atoms with Gasteiger partial charge in [0.2, 0.25) is 26.0 Å². The van der Waals surface area contributed by atoms with Gasteiger partial charge >= 0.3 is 0 Å². The molecule has 0 unspecified atom stereocenters. The summed E-state index contributed by atoms with van der Waals surface area (Å²) in [5, 5.41) is 2.60. The third-order valence-corrected chi connectivity index (χ3v) is 8.67. The van der Waals surface area contributed by atoms with Gasteiger partial charge in [0, 0.05) is 20.1 Å². The number of nitrogens with zero attached hydrogens (tertiary/aromatic N) is 2. The average Bonchev–Trinajstić information content (AvgIpc) is 2.83. The minimum absolute atomic E-state index is 0.114. The van der Waals surface area contributed by atoms with Crippen LogP contribution in [0.2, 0.25) is 0 Å². The summed E-state index contributed by atoms with van der Waals surface area (Å²) in [7, 11) is -5.98. The van der Waals surface area contributed by atoms with Crippen molar-refractivity contribution in [3.8, 4) is 5.75 Å². The second-order valence-electron chi connectivity index (χ2n) is 7.26. The van der Waals surface area contributed by atoms with Crippen LogP contribution in [0.3, 0.4) is 0 Å². The van der Waals surface area contributed by atoms with Gasteiger partial charge in [-0.05, 0) is 36.4 Å². The number of hydrogen-bond acceptors (Lipinski definition) is 7. The Morgan fingerprint density at radius 2 is 1.64 bits per heavy atom. The summed E-state index contributed by atoms with van der Waals surface area (Å²) in [5.41, 5.74) is 0. The van der Waals surface area contributed by atoms with E-state index in [0.717, 1.165) is 4.31 Å². The van der Waals surface area contributed by atoms with E-state index in [-0.39, 0.29) is 29.5 Å². The Hall–Kier alpha value is -2.51. The van der Waals surface area contributed by atoms with Crippen molar-refractivity contribution in [2.24, 2.45) is 0 Å². The first kappa shape index (κ1) is 25.1. The van der Waals surface area contributed by atoms with Crippen LogP contribution in [-0.4, -0.2) is 84.4 Å². The normalized spacial score (nSPS) is 15.3. The topological polar surface area (TPSA) is 122 Å². The maximum atomic E-state index is 12.6. The van der Waals surface area contributed by atoms with Gasteiger partial charge in [-0.2, -0.15) is 8.61 Å². The molecule has 1 heterocycles. The summed E-state index contributed by atoms with van der Waals surface area (Å²) in [6.45, 7) is 1.36. The van der Waals surface area contributed by atoms with Crippen LogP contribution >= 0.6 is 0 Å². The molecular formula is C21H27N3O7S2. The number of rotatable bonds is 10. The van der Waals surface area contributed by atoms with Crippen molar-refractivity contribution in [1.29, 1.82) is 0 Å². The van der Waals surface area contributed by atoms with Gasteiger partial charge in [-0.1, -0.05) is 18.2 Å². The lowest BCUT2D eigenvalue weighted by Gasteiger charge is -2.26. The van der Waals surface area contributed by atoms with Crippen molar-refractivity contribution in [1.82, 2.24) is 13.9 Å². The van der Waals surface area contributed by atoms with Gasteiger partial charge in [0.15, 0.2) is 0 Å². The molecule has 0 saturated carbocycles. The molecule has 2 aromatic rings. The Labute approximate surface area is 194 Å². The molecule has 1 saturated heterocycles. The summed E-state index contributed by atoms with van der Waals surface area (Å²) < 4.78 is 63.2. The number of sulfonamides is 2. The highest BCUT2D eigenvalue weighted by Crippen LogP contribution is 2.20. The zero-order chi connectivity index (χ0) is 23.9. The zero-order valence-corrected chi connectivity index (χ0v) is 19.8. The van der Waals surface area contributed by atoms with Gasteiger partial charge in [-0.3, -0.25) is 4.79 Å². The van der Waals surface area contributed by atoms with Crippen LogP contribution in [0.25, 0.3) is 0 Å². The number of amides is 1. The first-order valence-electron chi connectivity index (χ1n) is 10.3. The highest BCUT2D eigenvalue weighted by Gasteiger charge is 2.26. The van der Waals surface area contributed by atoms with E-state index in [1.807, 2.05) is 0 Å². The number of morpholine rings is 1. The van der Waals surface area contributed by atoms with E-state index in [9.17, 15) is 21.6 Å². The first-order valence-corrected chi connectivity index (χ1v) is 13.2. The Morgan fingerprint density at radius 1 is 1.00 bits per heavy atom. The molecule has 0 atom stereocenters. The van der Waals surface area contributed by atoms with Crippen LogP contribution in [0.4, 0.5) is 0 Å². The highest BCUT2D eigenvalue weighted by atomic mass is 32.2. The first-order chi connectivity index (χ1) is 15.7. The number of carbonyl (C=O) groups is 1. The van der Waals surface area contributed by atoms with E-state index in [0.29, 0.717) is 32.1 Å².